The average Bonchev–Trinajstić information content (AvgIpc) is 3.45. The third-order valence-corrected chi connectivity index (χ3v) is 6.62. The number of thiocarbonyl (C=S) groups is 1. The van der Waals surface area contributed by atoms with Gasteiger partial charge in [-0.25, -0.2) is 0 Å². The highest BCUT2D eigenvalue weighted by Crippen LogP contribution is 2.42. The van der Waals surface area contributed by atoms with Crippen molar-refractivity contribution in [3.63, 3.8) is 0 Å². The maximum Gasteiger partial charge on any atom is 0.174 e. The van der Waals surface area contributed by atoms with Gasteiger partial charge >= 0.3 is 0 Å². The minimum Gasteiger partial charge on any atom is -0.491 e. The summed E-state index contributed by atoms with van der Waals surface area (Å²) >= 11 is 9.41. The standard InChI is InChI=1S/C27H25BrN4OS/c1-18(2)33-22-14-12-21(13-15-22)32-26(25(30-27(32)34)23-6-3-4-16-29-23)24-7-5-17-31(24)20-10-8-19(28)9-11-20/h3-18,25-26H,1-2H3,(H,30,34)/t25-,26+/m1/s1. The molecule has 0 spiro atoms. The maximum absolute atomic E-state index is 5.87. The van der Waals surface area contributed by atoms with Gasteiger partial charge in [0, 0.05) is 33.9 Å². The van der Waals surface area contributed by atoms with E-state index < -0.39 is 0 Å². The molecule has 2 aromatic carbocycles. The molecule has 0 amide bonds. The Morgan fingerprint density at radius 2 is 1.68 bits per heavy atom. The normalized spacial score (nSPS) is 17.8. The number of ether oxygens (including phenoxy) is 1. The minimum atomic E-state index is -0.107. The Morgan fingerprint density at radius 1 is 0.941 bits per heavy atom. The Labute approximate surface area is 213 Å². The van der Waals surface area contributed by atoms with Gasteiger partial charge in [0.25, 0.3) is 0 Å². The van der Waals surface area contributed by atoms with E-state index in [0.717, 1.165) is 33.0 Å². The average molecular weight is 533 g/mol. The van der Waals surface area contributed by atoms with Crippen molar-refractivity contribution < 1.29 is 4.74 Å². The van der Waals surface area contributed by atoms with E-state index in [1.54, 1.807) is 0 Å². The zero-order chi connectivity index (χ0) is 23.7. The summed E-state index contributed by atoms with van der Waals surface area (Å²) in [4.78, 5) is 6.84. The number of aromatic nitrogens is 2. The summed E-state index contributed by atoms with van der Waals surface area (Å²) in [6, 6.07) is 26.4. The second-order valence-corrected chi connectivity index (χ2v) is 9.74. The van der Waals surface area contributed by atoms with E-state index in [-0.39, 0.29) is 18.2 Å². The van der Waals surface area contributed by atoms with E-state index in [1.165, 1.54) is 0 Å². The predicted molar refractivity (Wildman–Crippen MR) is 144 cm³/mol. The van der Waals surface area contributed by atoms with Gasteiger partial charge in [0.1, 0.15) is 11.8 Å². The molecule has 5 nitrogen and oxygen atoms in total. The van der Waals surface area contributed by atoms with Gasteiger partial charge in [-0.1, -0.05) is 22.0 Å². The molecule has 0 bridgehead atoms. The molecule has 5 rings (SSSR count). The second kappa shape index (κ2) is 9.60. The number of benzene rings is 2. The van der Waals surface area contributed by atoms with Crippen LogP contribution in [0.2, 0.25) is 0 Å². The van der Waals surface area contributed by atoms with Crippen molar-refractivity contribution in [2.75, 3.05) is 4.90 Å². The molecule has 1 aliphatic heterocycles. The first-order valence-corrected chi connectivity index (χ1v) is 12.4. The summed E-state index contributed by atoms with van der Waals surface area (Å²) in [6.45, 7) is 4.05. The molecule has 2 atom stereocenters. The molecule has 172 valence electrons. The van der Waals surface area contributed by atoms with Crippen LogP contribution in [0, 0.1) is 0 Å². The van der Waals surface area contributed by atoms with Crippen LogP contribution in [0.1, 0.15) is 37.3 Å². The van der Waals surface area contributed by atoms with E-state index in [4.69, 9.17) is 17.0 Å². The first kappa shape index (κ1) is 22.6. The monoisotopic (exact) mass is 532 g/mol. The smallest absolute Gasteiger partial charge is 0.174 e. The molecule has 1 fully saturated rings. The summed E-state index contributed by atoms with van der Waals surface area (Å²) in [7, 11) is 0. The van der Waals surface area contributed by atoms with Crippen LogP contribution >= 0.6 is 28.1 Å². The van der Waals surface area contributed by atoms with Crippen LogP contribution in [0.25, 0.3) is 5.69 Å². The zero-order valence-electron chi connectivity index (χ0n) is 18.9. The summed E-state index contributed by atoms with van der Waals surface area (Å²) in [5.74, 6) is 0.841. The quantitative estimate of drug-likeness (QED) is 0.283. The molecule has 34 heavy (non-hydrogen) atoms. The van der Waals surface area contributed by atoms with Crippen molar-refractivity contribution in [3.05, 3.63) is 107 Å². The first-order chi connectivity index (χ1) is 16.5. The van der Waals surface area contributed by atoms with Crippen LogP contribution < -0.4 is 15.0 Å². The summed E-state index contributed by atoms with van der Waals surface area (Å²) in [5.41, 5.74) is 4.15. The highest BCUT2D eigenvalue weighted by molar-refractivity contribution is 9.10. The number of rotatable bonds is 6. The summed E-state index contributed by atoms with van der Waals surface area (Å²) in [6.07, 6.45) is 4.04. The number of anilines is 1. The number of nitrogens with zero attached hydrogens (tertiary/aromatic N) is 3. The van der Waals surface area contributed by atoms with E-state index in [0.29, 0.717) is 5.11 Å². The zero-order valence-corrected chi connectivity index (χ0v) is 21.3. The van der Waals surface area contributed by atoms with Gasteiger partial charge in [-0.15, -0.1) is 0 Å². The molecule has 0 saturated carbocycles. The third kappa shape index (κ3) is 4.45. The van der Waals surface area contributed by atoms with Crippen LogP contribution in [-0.4, -0.2) is 20.8 Å². The number of hydrogen-bond donors (Lipinski definition) is 1. The molecule has 3 heterocycles. The largest absolute Gasteiger partial charge is 0.491 e. The minimum absolute atomic E-state index is 0.0992. The Morgan fingerprint density at radius 3 is 2.35 bits per heavy atom. The van der Waals surface area contributed by atoms with Crippen molar-refractivity contribution in [1.82, 2.24) is 14.9 Å². The van der Waals surface area contributed by atoms with Crippen molar-refractivity contribution in [2.24, 2.45) is 0 Å². The van der Waals surface area contributed by atoms with Gasteiger partial charge in [0.05, 0.1) is 17.8 Å². The summed E-state index contributed by atoms with van der Waals surface area (Å²) < 4.78 is 9.11. The topological polar surface area (TPSA) is 42.3 Å². The Hall–Kier alpha value is -3.16. The molecule has 0 aliphatic carbocycles. The van der Waals surface area contributed by atoms with Gasteiger partial charge in [0.15, 0.2) is 5.11 Å². The van der Waals surface area contributed by atoms with Gasteiger partial charge in [-0.2, -0.15) is 0 Å². The van der Waals surface area contributed by atoms with Crippen molar-refractivity contribution in [2.45, 2.75) is 32.0 Å². The number of hydrogen-bond acceptors (Lipinski definition) is 3. The van der Waals surface area contributed by atoms with Crippen LogP contribution in [0.3, 0.4) is 0 Å². The highest BCUT2D eigenvalue weighted by atomic mass is 79.9. The lowest BCUT2D eigenvalue weighted by atomic mass is 10.0. The first-order valence-electron chi connectivity index (χ1n) is 11.2. The van der Waals surface area contributed by atoms with E-state index in [2.05, 4.69) is 90.4 Å². The molecule has 7 heteroatoms. The van der Waals surface area contributed by atoms with Crippen LogP contribution in [0.15, 0.2) is 95.7 Å². The number of nitrogens with one attached hydrogen (secondary N) is 1. The van der Waals surface area contributed by atoms with E-state index in [1.807, 2.05) is 50.4 Å². The Balaban J connectivity index is 1.60. The lowest BCUT2D eigenvalue weighted by Crippen LogP contribution is -2.30. The SMILES string of the molecule is CC(C)Oc1ccc(N2C(=S)N[C@H](c3ccccn3)[C@@H]2c2cccn2-c2ccc(Br)cc2)cc1. The van der Waals surface area contributed by atoms with Gasteiger partial charge in [0.2, 0.25) is 0 Å². The predicted octanol–water partition coefficient (Wildman–Crippen LogP) is 6.60. The lowest BCUT2D eigenvalue weighted by Gasteiger charge is -2.29. The molecule has 0 radical (unpaired) electrons. The second-order valence-electron chi connectivity index (χ2n) is 8.44. The molecule has 2 aromatic heterocycles. The fourth-order valence-electron chi connectivity index (χ4n) is 4.36. The molecule has 1 aliphatic rings. The number of halogens is 1. The molecule has 1 N–H and O–H groups in total. The van der Waals surface area contributed by atoms with Crippen LogP contribution in [0.4, 0.5) is 5.69 Å². The Kier molecular flexibility index (Phi) is 6.39. The van der Waals surface area contributed by atoms with E-state index >= 15 is 0 Å². The fraction of sp³-hybridized carbons (Fsp3) is 0.185. The Bertz CT molecular complexity index is 1270. The number of pyridine rings is 1. The lowest BCUT2D eigenvalue weighted by molar-refractivity contribution is 0.242. The van der Waals surface area contributed by atoms with Gasteiger partial charge in [-0.05, 0) is 98.9 Å². The molecule has 1 saturated heterocycles. The van der Waals surface area contributed by atoms with Crippen molar-refractivity contribution >= 4 is 38.9 Å². The third-order valence-electron chi connectivity index (χ3n) is 5.77. The van der Waals surface area contributed by atoms with Crippen molar-refractivity contribution in [3.8, 4) is 11.4 Å². The molecular weight excluding hydrogens is 508 g/mol. The van der Waals surface area contributed by atoms with Gasteiger partial charge in [-0.3, -0.25) is 4.98 Å². The van der Waals surface area contributed by atoms with Crippen LogP contribution in [0.5, 0.6) is 5.75 Å². The highest BCUT2D eigenvalue weighted by Gasteiger charge is 2.42. The summed E-state index contributed by atoms with van der Waals surface area (Å²) in [5, 5.41) is 4.20. The molecule has 0 unspecified atom stereocenters. The maximum atomic E-state index is 5.87. The fourth-order valence-corrected chi connectivity index (χ4v) is 4.97. The van der Waals surface area contributed by atoms with Crippen LogP contribution in [-0.2, 0) is 0 Å². The molecular formula is C27H25BrN4OS. The molecule has 4 aromatic rings. The van der Waals surface area contributed by atoms with Gasteiger partial charge < -0.3 is 19.5 Å². The van der Waals surface area contributed by atoms with Crippen molar-refractivity contribution in [1.29, 1.82) is 0 Å². The van der Waals surface area contributed by atoms with E-state index in [9.17, 15) is 0 Å².